The first-order valence-electron chi connectivity index (χ1n) is 9.54. The van der Waals surface area contributed by atoms with Crippen molar-refractivity contribution in [3.05, 3.63) is 51.4 Å². The van der Waals surface area contributed by atoms with Crippen molar-refractivity contribution in [2.75, 3.05) is 25.0 Å². The average molecular weight is 468 g/mol. The molecule has 0 atom stereocenters. The maximum atomic E-state index is 12.7. The topological polar surface area (TPSA) is 136 Å². The van der Waals surface area contributed by atoms with E-state index in [9.17, 15) is 28.1 Å². The summed E-state index contributed by atoms with van der Waals surface area (Å²) in [7, 11) is -3.55. The first-order chi connectivity index (χ1) is 14.8. The largest absolute Gasteiger partial charge is 0.455 e. The number of carbonyl (C=O) groups is 2. The second-order valence-electron chi connectivity index (χ2n) is 6.88. The predicted octanol–water partition coefficient (Wildman–Crippen LogP) is 2.56. The number of nitro benzene ring substituents is 1. The number of piperidine rings is 1. The Morgan fingerprint density at radius 2 is 1.77 bits per heavy atom. The van der Waals surface area contributed by atoms with Crippen molar-refractivity contribution in [3.63, 3.8) is 0 Å². The lowest BCUT2D eigenvalue weighted by atomic mass is 10.2. The summed E-state index contributed by atoms with van der Waals surface area (Å²) in [4.78, 5) is 34.5. The minimum absolute atomic E-state index is 0.109. The molecule has 0 spiro atoms. The number of hydrogen-bond donors (Lipinski definition) is 1. The maximum absolute atomic E-state index is 12.7. The van der Waals surface area contributed by atoms with Gasteiger partial charge in [-0.25, -0.2) is 8.42 Å². The minimum atomic E-state index is -3.55. The smallest absolute Gasteiger partial charge is 0.311 e. The van der Waals surface area contributed by atoms with Crippen LogP contribution < -0.4 is 5.32 Å². The van der Waals surface area contributed by atoms with E-state index in [1.165, 1.54) is 34.6 Å². The number of non-ortho nitro benzene ring substituents is 1. The fourth-order valence-corrected chi connectivity index (χ4v) is 6.04. The molecule has 1 aromatic carbocycles. The fraction of sp³-hybridized carbons (Fsp3) is 0.368. The number of ether oxygens (including phenoxy) is 1. The molecule has 0 bridgehead atoms. The summed E-state index contributed by atoms with van der Waals surface area (Å²) < 4.78 is 31.9. The Balaban J connectivity index is 1.48. The van der Waals surface area contributed by atoms with Gasteiger partial charge < -0.3 is 10.1 Å². The summed E-state index contributed by atoms with van der Waals surface area (Å²) in [6.07, 6.45) is 2.55. The van der Waals surface area contributed by atoms with E-state index in [4.69, 9.17) is 4.74 Å². The van der Waals surface area contributed by atoms with Gasteiger partial charge in [-0.1, -0.05) is 6.42 Å². The number of hydrogen-bond acceptors (Lipinski definition) is 8. The minimum Gasteiger partial charge on any atom is -0.455 e. The molecule has 3 rings (SSSR count). The molecule has 0 unspecified atom stereocenters. The van der Waals surface area contributed by atoms with E-state index in [0.29, 0.717) is 23.7 Å². The molecule has 0 aliphatic carbocycles. The zero-order chi connectivity index (χ0) is 22.4. The summed E-state index contributed by atoms with van der Waals surface area (Å²) in [5.74, 6) is -1.26. The van der Waals surface area contributed by atoms with Crippen molar-refractivity contribution in [2.45, 2.75) is 29.9 Å². The summed E-state index contributed by atoms with van der Waals surface area (Å²) in [6.45, 7) is 0.475. The van der Waals surface area contributed by atoms with Crippen molar-refractivity contribution in [1.82, 2.24) is 4.31 Å². The molecule has 31 heavy (non-hydrogen) atoms. The van der Waals surface area contributed by atoms with Gasteiger partial charge in [-0.15, -0.1) is 11.3 Å². The second-order valence-corrected chi connectivity index (χ2v) is 10.2. The number of rotatable bonds is 8. The molecule has 1 aliphatic rings. The number of thiophene rings is 1. The Labute approximate surface area is 183 Å². The van der Waals surface area contributed by atoms with Gasteiger partial charge in [-0.3, -0.25) is 19.7 Å². The third kappa shape index (κ3) is 6.09. The highest BCUT2D eigenvalue weighted by molar-refractivity contribution is 7.91. The summed E-state index contributed by atoms with van der Waals surface area (Å²) in [6, 6.07) is 8.28. The quantitative estimate of drug-likeness (QED) is 0.358. The number of nitrogens with one attached hydrogen (secondary N) is 1. The number of anilines is 1. The van der Waals surface area contributed by atoms with Crippen molar-refractivity contribution < 1.29 is 27.7 Å². The summed E-state index contributed by atoms with van der Waals surface area (Å²) in [5, 5.41) is 13.1. The molecular weight excluding hydrogens is 446 g/mol. The molecule has 1 fully saturated rings. The van der Waals surface area contributed by atoms with Gasteiger partial charge in [0.05, 0.1) is 11.3 Å². The molecule has 2 heterocycles. The SMILES string of the molecule is O=C(COC(=O)Cc1ccc(S(=O)(=O)N2CCCCC2)s1)Nc1ccc([N+](=O)[O-])cc1. The Morgan fingerprint density at radius 1 is 1.10 bits per heavy atom. The van der Waals surface area contributed by atoms with Crippen LogP contribution in [0, 0.1) is 10.1 Å². The number of benzene rings is 1. The fourth-order valence-electron chi connectivity index (χ4n) is 3.03. The van der Waals surface area contributed by atoms with Crippen molar-refractivity contribution >= 4 is 44.6 Å². The number of nitro groups is 1. The third-order valence-electron chi connectivity index (χ3n) is 4.59. The molecule has 1 aliphatic heterocycles. The lowest BCUT2D eigenvalue weighted by Crippen LogP contribution is -2.35. The van der Waals surface area contributed by atoms with E-state index in [1.807, 2.05) is 0 Å². The molecule has 166 valence electrons. The van der Waals surface area contributed by atoms with Gasteiger partial charge in [-0.2, -0.15) is 4.31 Å². The number of esters is 1. The molecule has 0 radical (unpaired) electrons. The molecule has 12 heteroatoms. The predicted molar refractivity (Wildman–Crippen MR) is 113 cm³/mol. The van der Waals surface area contributed by atoms with Gasteiger partial charge in [0.15, 0.2) is 6.61 Å². The van der Waals surface area contributed by atoms with Crippen LogP contribution >= 0.6 is 11.3 Å². The van der Waals surface area contributed by atoms with Crippen LogP contribution in [0.1, 0.15) is 24.1 Å². The van der Waals surface area contributed by atoms with E-state index in [2.05, 4.69) is 5.32 Å². The van der Waals surface area contributed by atoms with E-state index in [-0.39, 0.29) is 16.3 Å². The van der Waals surface area contributed by atoms with Gasteiger partial charge in [0.25, 0.3) is 21.6 Å². The highest BCUT2D eigenvalue weighted by Gasteiger charge is 2.27. The van der Waals surface area contributed by atoms with E-state index in [1.54, 1.807) is 6.07 Å². The highest BCUT2D eigenvalue weighted by atomic mass is 32.2. The van der Waals surface area contributed by atoms with Gasteiger partial charge in [0.1, 0.15) is 4.21 Å². The number of sulfonamides is 1. The maximum Gasteiger partial charge on any atom is 0.311 e. The molecule has 1 aromatic heterocycles. The summed E-state index contributed by atoms with van der Waals surface area (Å²) in [5.41, 5.74) is 0.222. The van der Waals surface area contributed by atoms with Crippen LogP contribution in [0.15, 0.2) is 40.6 Å². The highest BCUT2D eigenvalue weighted by Crippen LogP contribution is 2.27. The Kier molecular flexibility index (Phi) is 7.36. The molecule has 2 aromatic rings. The lowest BCUT2D eigenvalue weighted by Gasteiger charge is -2.25. The molecule has 0 saturated carbocycles. The molecule has 10 nitrogen and oxygen atoms in total. The monoisotopic (exact) mass is 467 g/mol. The third-order valence-corrected chi connectivity index (χ3v) is 8.04. The van der Waals surface area contributed by atoms with E-state index < -0.39 is 33.4 Å². The van der Waals surface area contributed by atoms with Crippen molar-refractivity contribution in [3.8, 4) is 0 Å². The van der Waals surface area contributed by atoms with Crippen LogP contribution in [-0.2, 0) is 30.8 Å². The first kappa shape index (κ1) is 22.8. The van der Waals surface area contributed by atoms with Crippen LogP contribution in [0.3, 0.4) is 0 Å². The standard InChI is InChI=1S/C19H21N3O7S2/c23-17(20-14-4-6-15(7-5-14)22(25)26)13-29-18(24)12-16-8-9-19(30-16)31(27,28)21-10-2-1-3-11-21/h4-9H,1-3,10-13H2,(H,20,23). The Hall–Kier alpha value is -2.83. The van der Waals surface area contributed by atoms with Gasteiger partial charge in [0.2, 0.25) is 0 Å². The second kappa shape index (κ2) is 9.98. The molecule has 1 amide bonds. The zero-order valence-corrected chi connectivity index (χ0v) is 18.1. The Morgan fingerprint density at radius 3 is 2.42 bits per heavy atom. The van der Waals surface area contributed by atoms with Crippen LogP contribution in [0.2, 0.25) is 0 Å². The van der Waals surface area contributed by atoms with Crippen LogP contribution in [0.25, 0.3) is 0 Å². The van der Waals surface area contributed by atoms with Crippen LogP contribution in [0.4, 0.5) is 11.4 Å². The van der Waals surface area contributed by atoms with Gasteiger partial charge >= 0.3 is 5.97 Å². The normalized spacial score (nSPS) is 14.7. The van der Waals surface area contributed by atoms with Gasteiger partial charge in [0, 0.05) is 35.8 Å². The van der Waals surface area contributed by atoms with Crippen LogP contribution in [0.5, 0.6) is 0 Å². The van der Waals surface area contributed by atoms with E-state index in [0.717, 1.165) is 30.6 Å². The Bertz CT molecular complexity index is 1060. The molecular formula is C19H21N3O7S2. The number of nitrogens with zero attached hydrogens (tertiary/aromatic N) is 2. The summed E-state index contributed by atoms with van der Waals surface area (Å²) >= 11 is 1.02. The van der Waals surface area contributed by atoms with E-state index >= 15 is 0 Å². The average Bonchev–Trinajstić information content (AvgIpc) is 3.22. The number of amides is 1. The van der Waals surface area contributed by atoms with Crippen molar-refractivity contribution in [2.24, 2.45) is 0 Å². The van der Waals surface area contributed by atoms with Crippen molar-refractivity contribution in [1.29, 1.82) is 0 Å². The lowest BCUT2D eigenvalue weighted by molar-refractivity contribution is -0.384. The molecule has 1 saturated heterocycles. The van der Waals surface area contributed by atoms with Crippen LogP contribution in [-0.4, -0.2) is 49.2 Å². The molecule has 1 N–H and O–H groups in total. The van der Waals surface area contributed by atoms with Gasteiger partial charge in [-0.05, 0) is 37.1 Å². The number of carbonyl (C=O) groups excluding carboxylic acids is 2. The zero-order valence-electron chi connectivity index (χ0n) is 16.5. The first-order valence-corrected chi connectivity index (χ1v) is 11.8.